The largest absolute Gasteiger partial charge is 0.484 e. The van der Waals surface area contributed by atoms with Gasteiger partial charge in [0.2, 0.25) is 0 Å². The zero-order chi connectivity index (χ0) is 18.5. The van der Waals surface area contributed by atoms with Gasteiger partial charge in [-0.3, -0.25) is 4.79 Å². The third kappa shape index (κ3) is 4.71. The van der Waals surface area contributed by atoms with Gasteiger partial charge in [-0.15, -0.1) is 0 Å². The van der Waals surface area contributed by atoms with Crippen molar-refractivity contribution >= 4 is 46.2 Å². The molecule has 0 aliphatic carbocycles. The maximum absolute atomic E-state index is 11.8. The molecule has 1 aromatic heterocycles. The molecule has 0 aliphatic heterocycles. The van der Waals surface area contributed by atoms with Crippen molar-refractivity contribution in [2.24, 2.45) is 5.10 Å². The molecule has 0 atom stereocenters. The van der Waals surface area contributed by atoms with Crippen molar-refractivity contribution in [1.82, 2.24) is 10.4 Å². The van der Waals surface area contributed by atoms with Gasteiger partial charge >= 0.3 is 0 Å². The van der Waals surface area contributed by atoms with Gasteiger partial charge in [-0.1, -0.05) is 41.4 Å². The highest BCUT2D eigenvalue weighted by molar-refractivity contribution is 6.32. The number of aryl methyl sites for hydroxylation is 1. The Morgan fingerprint density at radius 3 is 2.88 bits per heavy atom. The minimum absolute atomic E-state index is 0.180. The van der Waals surface area contributed by atoms with Crippen LogP contribution in [0.15, 0.2) is 53.6 Å². The van der Waals surface area contributed by atoms with E-state index < -0.39 is 5.91 Å². The lowest BCUT2D eigenvalue weighted by molar-refractivity contribution is -0.123. The fraction of sp³-hybridized carbons (Fsp3) is 0.105. The molecule has 0 aliphatic rings. The Balaban J connectivity index is 1.61. The maximum Gasteiger partial charge on any atom is 0.277 e. The monoisotopic (exact) mass is 387 g/mol. The summed E-state index contributed by atoms with van der Waals surface area (Å²) in [4.78, 5) is 16.1. The lowest BCUT2D eigenvalue weighted by Crippen LogP contribution is -2.24. The van der Waals surface area contributed by atoms with Gasteiger partial charge in [0.05, 0.1) is 11.7 Å². The molecule has 5 nitrogen and oxygen atoms in total. The van der Waals surface area contributed by atoms with E-state index in [1.165, 1.54) is 6.21 Å². The zero-order valence-electron chi connectivity index (χ0n) is 13.9. The summed E-state index contributed by atoms with van der Waals surface area (Å²) in [7, 11) is 0. The first-order valence-electron chi connectivity index (χ1n) is 7.78. The smallest absolute Gasteiger partial charge is 0.277 e. The van der Waals surface area contributed by atoms with E-state index in [4.69, 9.17) is 27.9 Å². The van der Waals surface area contributed by atoms with Crippen molar-refractivity contribution in [2.75, 3.05) is 6.61 Å². The topological polar surface area (TPSA) is 63.6 Å². The molecular weight excluding hydrogens is 373 g/mol. The summed E-state index contributed by atoms with van der Waals surface area (Å²) >= 11 is 12.0. The molecule has 1 N–H and O–H groups in total. The van der Waals surface area contributed by atoms with Crippen molar-refractivity contribution in [3.8, 4) is 5.75 Å². The summed E-state index contributed by atoms with van der Waals surface area (Å²) in [5.74, 6) is 0.107. The molecule has 1 heterocycles. The predicted molar refractivity (Wildman–Crippen MR) is 104 cm³/mol. The second-order valence-electron chi connectivity index (χ2n) is 5.60. The van der Waals surface area contributed by atoms with E-state index in [-0.39, 0.29) is 6.61 Å². The summed E-state index contributed by atoms with van der Waals surface area (Å²) in [6.45, 7) is 1.81. The van der Waals surface area contributed by atoms with Gasteiger partial charge in [-0.2, -0.15) is 5.10 Å². The fourth-order valence-electron chi connectivity index (χ4n) is 2.27. The number of hydrazone groups is 1. The average molecular weight is 388 g/mol. The quantitative estimate of drug-likeness (QED) is 0.401. The first-order chi connectivity index (χ1) is 12.5. The highest BCUT2D eigenvalue weighted by atomic mass is 35.5. The van der Waals surface area contributed by atoms with Crippen LogP contribution in [0.4, 0.5) is 0 Å². The fourth-order valence-corrected chi connectivity index (χ4v) is 2.65. The van der Waals surface area contributed by atoms with Crippen molar-refractivity contribution < 1.29 is 9.53 Å². The number of pyridine rings is 1. The van der Waals surface area contributed by atoms with Gasteiger partial charge in [0.25, 0.3) is 5.91 Å². The van der Waals surface area contributed by atoms with Gasteiger partial charge in [0.15, 0.2) is 6.61 Å². The van der Waals surface area contributed by atoms with E-state index in [9.17, 15) is 4.79 Å². The number of aromatic nitrogens is 1. The maximum atomic E-state index is 11.8. The van der Waals surface area contributed by atoms with Gasteiger partial charge in [0.1, 0.15) is 10.9 Å². The number of hydrogen-bond acceptors (Lipinski definition) is 4. The van der Waals surface area contributed by atoms with Crippen LogP contribution in [0.25, 0.3) is 10.9 Å². The molecule has 132 valence electrons. The van der Waals surface area contributed by atoms with Crippen molar-refractivity contribution in [1.29, 1.82) is 0 Å². The number of carbonyl (C=O) groups is 1. The van der Waals surface area contributed by atoms with Crippen molar-refractivity contribution in [3.63, 3.8) is 0 Å². The third-order valence-electron chi connectivity index (χ3n) is 3.51. The number of nitrogens with one attached hydrogen (secondary N) is 1. The molecule has 0 radical (unpaired) electrons. The van der Waals surface area contributed by atoms with Crippen molar-refractivity contribution in [3.05, 3.63) is 69.8 Å². The Hall–Kier alpha value is -2.63. The number of carbonyl (C=O) groups excluding carboxylic acids is 1. The molecule has 7 heteroatoms. The normalized spacial score (nSPS) is 11.0. The van der Waals surface area contributed by atoms with Crippen LogP contribution in [0.5, 0.6) is 5.75 Å². The second-order valence-corrected chi connectivity index (χ2v) is 6.40. The van der Waals surface area contributed by atoms with Crippen LogP contribution >= 0.6 is 23.2 Å². The van der Waals surface area contributed by atoms with E-state index in [0.717, 1.165) is 16.5 Å². The molecule has 26 heavy (non-hydrogen) atoms. The number of ether oxygens (including phenoxy) is 1. The molecule has 3 aromatic rings. The molecule has 0 bridgehead atoms. The number of nitrogens with zero attached hydrogens (tertiary/aromatic N) is 2. The summed E-state index contributed by atoms with van der Waals surface area (Å²) in [5.41, 5.74) is 4.91. The number of rotatable bonds is 5. The Kier molecular flexibility index (Phi) is 5.71. The van der Waals surface area contributed by atoms with Crippen LogP contribution in [0.2, 0.25) is 10.2 Å². The second kappa shape index (κ2) is 8.17. The molecule has 0 fully saturated rings. The predicted octanol–water partition coefficient (Wildman–Crippen LogP) is 4.38. The Bertz CT molecular complexity index is 990. The molecule has 0 spiro atoms. The molecular formula is C19H15Cl2N3O2. The minimum Gasteiger partial charge on any atom is -0.484 e. The van der Waals surface area contributed by atoms with Crippen LogP contribution < -0.4 is 10.2 Å². The molecule has 1 amide bonds. The van der Waals surface area contributed by atoms with Crippen LogP contribution in [0.3, 0.4) is 0 Å². The van der Waals surface area contributed by atoms with Crippen LogP contribution in [-0.2, 0) is 4.79 Å². The van der Waals surface area contributed by atoms with Crippen LogP contribution in [0, 0.1) is 6.92 Å². The number of fused-ring (bicyclic) bond motifs is 1. The van der Waals surface area contributed by atoms with E-state index in [0.29, 0.717) is 21.5 Å². The van der Waals surface area contributed by atoms with Gasteiger partial charge in [0, 0.05) is 16.0 Å². The van der Waals surface area contributed by atoms with Crippen molar-refractivity contribution in [2.45, 2.75) is 6.92 Å². The lowest BCUT2D eigenvalue weighted by atomic mass is 10.1. The minimum atomic E-state index is -0.401. The summed E-state index contributed by atoms with van der Waals surface area (Å²) in [5, 5.41) is 5.70. The molecule has 0 unspecified atom stereocenters. The lowest BCUT2D eigenvalue weighted by Gasteiger charge is -2.05. The van der Waals surface area contributed by atoms with Crippen LogP contribution in [-0.4, -0.2) is 23.7 Å². The highest BCUT2D eigenvalue weighted by Gasteiger charge is 2.05. The number of halogens is 2. The molecule has 2 aromatic carbocycles. The number of hydrogen-bond donors (Lipinski definition) is 1. The molecule has 3 rings (SSSR count). The third-order valence-corrected chi connectivity index (χ3v) is 4.05. The average Bonchev–Trinajstić information content (AvgIpc) is 2.60. The summed E-state index contributed by atoms with van der Waals surface area (Å²) < 4.78 is 5.34. The Morgan fingerprint density at radius 2 is 2.08 bits per heavy atom. The first-order valence-corrected chi connectivity index (χ1v) is 8.54. The van der Waals surface area contributed by atoms with Crippen LogP contribution in [0.1, 0.15) is 11.1 Å². The summed E-state index contributed by atoms with van der Waals surface area (Å²) in [6, 6.07) is 14.6. The van der Waals surface area contributed by atoms with E-state index >= 15 is 0 Å². The zero-order valence-corrected chi connectivity index (χ0v) is 15.4. The molecule has 0 saturated carbocycles. The SMILES string of the molecule is Cc1ccc2cc(/C=N/NC(=O)COc3cccc(Cl)c3)c(Cl)nc2c1. The summed E-state index contributed by atoms with van der Waals surface area (Å²) in [6.07, 6.45) is 1.45. The van der Waals surface area contributed by atoms with E-state index in [2.05, 4.69) is 15.5 Å². The first kappa shape index (κ1) is 18.2. The van der Waals surface area contributed by atoms with Gasteiger partial charge < -0.3 is 4.74 Å². The Morgan fingerprint density at radius 1 is 1.23 bits per heavy atom. The standard InChI is InChI=1S/C19H15Cl2N3O2/c1-12-5-6-13-8-14(19(21)23-17(13)7-12)10-22-24-18(25)11-26-16-4-2-3-15(20)9-16/h2-10H,11H2,1H3,(H,24,25)/b22-10+. The van der Waals surface area contributed by atoms with E-state index in [1.807, 2.05) is 31.2 Å². The van der Waals surface area contributed by atoms with E-state index in [1.54, 1.807) is 24.3 Å². The molecule has 0 saturated heterocycles. The van der Waals surface area contributed by atoms with Gasteiger partial charge in [-0.05, 0) is 42.8 Å². The Labute approximate surface area is 160 Å². The number of benzene rings is 2. The highest BCUT2D eigenvalue weighted by Crippen LogP contribution is 2.20. The number of amides is 1. The van der Waals surface area contributed by atoms with Gasteiger partial charge in [-0.25, -0.2) is 10.4 Å².